The molecule has 0 saturated heterocycles. The van der Waals surface area contributed by atoms with Crippen molar-refractivity contribution in [3.05, 3.63) is 88.7 Å². The molecule has 8 nitrogen and oxygen atoms in total. The molecule has 0 saturated carbocycles. The van der Waals surface area contributed by atoms with Crippen molar-refractivity contribution in [3.63, 3.8) is 0 Å². The molecule has 0 heterocycles. The van der Waals surface area contributed by atoms with Crippen LogP contribution in [0.25, 0.3) is 0 Å². The largest absolute Gasteiger partial charge is 0.495 e. The number of anilines is 1. The highest BCUT2D eigenvalue weighted by molar-refractivity contribution is 7.92. The van der Waals surface area contributed by atoms with Gasteiger partial charge in [0.25, 0.3) is 10.0 Å². The number of ether oxygens (including phenoxy) is 1. The average Bonchev–Trinajstić information content (AvgIpc) is 2.90. The smallest absolute Gasteiger partial charge is 0.264 e. The van der Waals surface area contributed by atoms with E-state index in [0.29, 0.717) is 5.56 Å². The van der Waals surface area contributed by atoms with Gasteiger partial charge >= 0.3 is 0 Å². The van der Waals surface area contributed by atoms with Crippen LogP contribution < -0.4 is 14.4 Å². The highest BCUT2D eigenvalue weighted by Gasteiger charge is 2.34. The van der Waals surface area contributed by atoms with Crippen molar-refractivity contribution in [3.8, 4) is 5.75 Å². The fraction of sp³-hybridized carbons (Fsp3) is 0.310. The molecule has 40 heavy (non-hydrogen) atoms. The van der Waals surface area contributed by atoms with E-state index in [9.17, 15) is 22.4 Å². The lowest BCUT2D eigenvalue weighted by Gasteiger charge is -2.32. The standard InChI is InChI=1S/C29H33ClFN3O5S/c1-19(2)32-29(36)21(4)33(17-22-8-11-24(31)12-9-22)28(35)18-34(26-16-23(30)10-15-27(26)39-5)40(37,38)25-13-6-20(3)7-14-25/h6-16,19,21H,17-18H2,1-5H3,(H,32,36). The van der Waals surface area contributed by atoms with Gasteiger partial charge < -0.3 is 15.0 Å². The van der Waals surface area contributed by atoms with Crippen molar-refractivity contribution in [1.82, 2.24) is 10.2 Å². The van der Waals surface area contributed by atoms with Crippen molar-refractivity contribution < 1.29 is 27.1 Å². The van der Waals surface area contributed by atoms with Gasteiger partial charge in [0, 0.05) is 17.6 Å². The van der Waals surface area contributed by atoms with Crippen LogP contribution in [0, 0.1) is 12.7 Å². The molecule has 1 unspecified atom stereocenters. The number of nitrogens with zero attached hydrogens (tertiary/aromatic N) is 2. The number of halogens is 2. The van der Waals surface area contributed by atoms with Crippen LogP contribution in [0.4, 0.5) is 10.1 Å². The Bertz CT molecular complexity index is 1450. The summed E-state index contributed by atoms with van der Waals surface area (Å²) in [7, 11) is -2.92. The van der Waals surface area contributed by atoms with Crippen LogP contribution in [-0.4, -0.2) is 50.9 Å². The zero-order valence-corrected chi connectivity index (χ0v) is 24.6. The second-order valence-corrected chi connectivity index (χ2v) is 11.9. The molecule has 1 N–H and O–H groups in total. The molecule has 0 aliphatic heterocycles. The molecular weight excluding hydrogens is 557 g/mol. The molecule has 3 aromatic carbocycles. The van der Waals surface area contributed by atoms with Gasteiger partial charge in [-0.25, -0.2) is 12.8 Å². The fourth-order valence-electron chi connectivity index (χ4n) is 3.98. The highest BCUT2D eigenvalue weighted by Crippen LogP contribution is 2.35. The van der Waals surface area contributed by atoms with Gasteiger partial charge in [-0.15, -0.1) is 0 Å². The Kier molecular flexibility index (Phi) is 10.2. The fourth-order valence-corrected chi connectivity index (χ4v) is 5.57. The predicted molar refractivity (Wildman–Crippen MR) is 153 cm³/mol. The summed E-state index contributed by atoms with van der Waals surface area (Å²) in [6, 6.07) is 15.0. The normalized spacial score (nSPS) is 12.1. The van der Waals surface area contributed by atoms with Gasteiger partial charge in [0.05, 0.1) is 17.7 Å². The van der Waals surface area contributed by atoms with Gasteiger partial charge in [-0.1, -0.05) is 41.4 Å². The van der Waals surface area contributed by atoms with Crippen LogP contribution in [0.1, 0.15) is 31.9 Å². The minimum atomic E-state index is -4.30. The first-order chi connectivity index (χ1) is 18.8. The molecule has 2 amide bonds. The Morgan fingerprint density at radius 3 is 2.20 bits per heavy atom. The van der Waals surface area contributed by atoms with Crippen LogP contribution in [-0.2, 0) is 26.2 Å². The summed E-state index contributed by atoms with van der Waals surface area (Å²) in [5.74, 6) is -1.34. The molecule has 0 spiro atoms. The van der Waals surface area contributed by atoms with E-state index < -0.39 is 40.2 Å². The van der Waals surface area contributed by atoms with Crippen molar-refractivity contribution in [2.75, 3.05) is 18.0 Å². The molecule has 11 heteroatoms. The molecular formula is C29H33ClFN3O5S. The Morgan fingerprint density at radius 1 is 1.00 bits per heavy atom. The number of benzene rings is 3. The molecule has 0 bridgehead atoms. The van der Waals surface area contributed by atoms with E-state index in [1.54, 1.807) is 39.0 Å². The van der Waals surface area contributed by atoms with Crippen LogP contribution in [0.2, 0.25) is 5.02 Å². The average molecular weight is 590 g/mol. The van der Waals surface area contributed by atoms with Gasteiger partial charge in [-0.3, -0.25) is 13.9 Å². The maximum atomic E-state index is 14.0. The van der Waals surface area contributed by atoms with Crippen LogP contribution in [0.3, 0.4) is 0 Å². The quantitative estimate of drug-likeness (QED) is 0.342. The number of sulfonamides is 1. The third-order valence-electron chi connectivity index (χ3n) is 6.16. The minimum Gasteiger partial charge on any atom is -0.495 e. The van der Waals surface area contributed by atoms with E-state index in [-0.39, 0.29) is 33.9 Å². The third kappa shape index (κ3) is 7.51. The number of rotatable bonds is 11. The molecule has 1 atom stereocenters. The highest BCUT2D eigenvalue weighted by atomic mass is 35.5. The van der Waals surface area contributed by atoms with Crippen molar-refractivity contribution in [1.29, 1.82) is 0 Å². The lowest BCUT2D eigenvalue weighted by Crippen LogP contribution is -2.52. The van der Waals surface area contributed by atoms with Crippen molar-refractivity contribution in [2.45, 2.75) is 51.2 Å². The van der Waals surface area contributed by atoms with Gasteiger partial charge in [0.2, 0.25) is 11.8 Å². The van der Waals surface area contributed by atoms with Crippen molar-refractivity contribution in [2.24, 2.45) is 0 Å². The van der Waals surface area contributed by atoms with E-state index >= 15 is 0 Å². The number of methoxy groups -OCH3 is 1. The number of hydrogen-bond acceptors (Lipinski definition) is 5. The SMILES string of the molecule is COc1ccc(Cl)cc1N(CC(=O)N(Cc1ccc(F)cc1)C(C)C(=O)NC(C)C)S(=O)(=O)c1ccc(C)cc1. The first-order valence-corrected chi connectivity index (χ1v) is 14.4. The number of nitrogens with one attached hydrogen (secondary N) is 1. The Hall–Kier alpha value is -3.63. The molecule has 3 aromatic rings. The molecule has 0 fully saturated rings. The molecule has 214 valence electrons. The van der Waals surface area contributed by atoms with Gasteiger partial charge in [-0.2, -0.15) is 0 Å². The summed E-state index contributed by atoms with van der Waals surface area (Å²) in [5.41, 5.74) is 1.48. The molecule has 0 aromatic heterocycles. The molecule has 0 aliphatic rings. The maximum Gasteiger partial charge on any atom is 0.264 e. The van der Waals surface area contributed by atoms with E-state index in [1.807, 2.05) is 6.92 Å². The van der Waals surface area contributed by atoms with Crippen LogP contribution >= 0.6 is 11.6 Å². The van der Waals surface area contributed by atoms with E-state index in [0.717, 1.165) is 9.87 Å². The van der Waals surface area contributed by atoms with E-state index in [1.165, 1.54) is 60.5 Å². The summed E-state index contributed by atoms with van der Waals surface area (Å²) < 4.78 is 47.8. The van der Waals surface area contributed by atoms with Crippen molar-refractivity contribution >= 4 is 39.1 Å². The number of aryl methyl sites for hydroxylation is 1. The summed E-state index contributed by atoms with van der Waals surface area (Å²) in [4.78, 5) is 28.1. The van der Waals surface area contributed by atoms with Gasteiger partial charge in [0.15, 0.2) is 0 Å². The summed E-state index contributed by atoms with van der Waals surface area (Å²) in [6.07, 6.45) is 0. The zero-order chi connectivity index (χ0) is 29.6. The first-order valence-electron chi connectivity index (χ1n) is 12.6. The summed E-state index contributed by atoms with van der Waals surface area (Å²) in [6.45, 7) is 6.24. The number of amides is 2. The lowest BCUT2D eigenvalue weighted by molar-refractivity contribution is -0.139. The van der Waals surface area contributed by atoms with Gasteiger partial charge in [-0.05, 0) is 75.7 Å². The Labute approximate surface area is 239 Å². The number of carbonyl (C=O) groups is 2. The predicted octanol–water partition coefficient (Wildman–Crippen LogP) is 4.93. The first kappa shape index (κ1) is 30.9. The molecule has 0 aliphatic carbocycles. The van der Waals surface area contributed by atoms with Crippen LogP contribution in [0.5, 0.6) is 5.75 Å². The van der Waals surface area contributed by atoms with E-state index in [2.05, 4.69) is 5.32 Å². The van der Waals surface area contributed by atoms with Gasteiger partial charge in [0.1, 0.15) is 24.2 Å². The van der Waals surface area contributed by atoms with Crippen LogP contribution in [0.15, 0.2) is 71.6 Å². The lowest BCUT2D eigenvalue weighted by atomic mass is 10.1. The summed E-state index contributed by atoms with van der Waals surface area (Å²) >= 11 is 6.24. The Balaban J connectivity index is 2.10. The second-order valence-electron chi connectivity index (χ2n) is 9.63. The molecule has 3 rings (SSSR count). The molecule has 0 radical (unpaired) electrons. The monoisotopic (exact) mass is 589 g/mol. The second kappa shape index (κ2) is 13.1. The zero-order valence-electron chi connectivity index (χ0n) is 23.0. The Morgan fingerprint density at radius 2 is 1.62 bits per heavy atom. The minimum absolute atomic E-state index is 0.0383. The number of hydrogen-bond donors (Lipinski definition) is 1. The topological polar surface area (TPSA) is 96.0 Å². The van der Waals surface area contributed by atoms with E-state index in [4.69, 9.17) is 16.3 Å². The maximum absolute atomic E-state index is 14.0. The number of carbonyl (C=O) groups excluding carboxylic acids is 2. The summed E-state index contributed by atoms with van der Waals surface area (Å²) in [5, 5.41) is 3.02. The third-order valence-corrected chi connectivity index (χ3v) is 8.17.